The van der Waals surface area contributed by atoms with E-state index in [4.69, 9.17) is 4.79 Å². The Morgan fingerprint density at radius 3 is 2.07 bits per heavy atom. The molecule has 6 heteroatoms. The van der Waals surface area contributed by atoms with Crippen LogP contribution in [0.5, 0.6) is 0 Å². The molecule has 0 heterocycles. The van der Waals surface area contributed by atoms with Gasteiger partial charge in [0.2, 0.25) is 0 Å². The second-order valence-corrected chi connectivity index (χ2v) is 2.62. The SMILES string of the molecule is CC=O.CCC(C(=O)OF)=C(F)N(C)C. The maximum absolute atomic E-state index is 13.0. The number of rotatable bonds is 3. The number of aldehydes is 1. The molecule has 0 aliphatic heterocycles. The van der Waals surface area contributed by atoms with Crippen molar-refractivity contribution in [2.75, 3.05) is 14.1 Å². The summed E-state index contributed by atoms with van der Waals surface area (Å²) in [7, 11) is 2.83. The fourth-order valence-corrected chi connectivity index (χ4v) is 0.691. The Morgan fingerprint density at radius 1 is 1.47 bits per heavy atom. The molecule has 0 rings (SSSR count). The van der Waals surface area contributed by atoms with Crippen LogP contribution in [0, 0.1) is 0 Å². The van der Waals surface area contributed by atoms with Gasteiger partial charge in [0.1, 0.15) is 6.29 Å². The van der Waals surface area contributed by atoms with Gasteiger partial charge < -0.3 is 9.69 Å². The lowest BCUT2D eigenvalue weighted by Gasteiger charge is -2.11. The second kappa shape index (κ2) is 9.11. The van der Waals surface area contributed by atoms with Gasteiger partial charge >= 0.3 is 5.97 Å². The topological polar surface area (TPSA) is 46.6 Å². The van der Waals surface area contributed by atoms with Gasteiger partial charge in [-0.1, -0.05) is 6.92 Å². The molecule has 0 saturated heterocycles. The molecule has 0 unspecified atom stereocenters. The van der Waals surface area contributed by atoms with Gasteiger partial charge in [0.15, 0.2) is 5.95 Å². The van der Waals surface area contributed by atoms with Gasteiger partial charge in [0.05, 0.1) is 5.57 Å². The van der Waals surface area contributed by atoms with Crippen molar-refractivity contribution in [3.05, 3.63) is 11.5 Å². The largest absolute Gasteiger partial charge is 0.380 e. The molecule has 0 saturated carbocycles. The average Bonchev–Trinajstić information content (AvgIpc) is 2.19. The Bertz CT molecular complexity index is 240. The molecular formula is C9H15F2NO3. The van der Waals surface area contributed by atoms with Crippen molar-refractivity contribution < 1.29 is 23.4 Å². The van der Waals surface area contributed by atoms with E-state index in [1.54, 1.807) is 0 Å². The molecule has 4 nitrogen and oxygen atoms in total. The van der Waals surface area contributed by atoms with Gasteiger partial charge in [-0.3, -0.25) is 0 Å². The molecule has 15 heavy (non-hydrogen) atoms. The van der Waals surface area contributed by atoms with Crippen LogP contribution in [0.25, 0.3) is 0 Å². The Hall–Kier alpha value is -1.46. The highest BCUT2D eigenvalue weighted by Gasteiger charge is 2.17. The van der Waals surface area contributed by atoms with Crippen molar-refractivity contribution in [3.8, 4) is 0 Å². The average molecular weight is 223 g/mol. The minimum Gasteiger partial charge on any atom is -0.354 e. The third-order valence-corrected chi connectivity index (χ3v) is 1.31. The number of nitrogens with zero attached hydrogens (tertiary/aromatic N) is 1. The van der Waals surface area contributed by atoms with E-state index in [0.717, 1.165) is 11.2 Å². The normalized spacial score (nSPS) is 10.5. The fourth-order valence-electron chi connectivity index (χ4n) is 0.691. The summed E-state index contributed by atoms with van der Waals surface area (Å²) < 4.78 is 24.3. The van der Waals surface area contributed by atoms with Crippen LogP contribution < -0.4 is 0 Å². The van der Waals surface area contributed by atoms with E-state index in [-0.39, 0.29) is 12.0 Å². The zero-order chi connectivity index (χ0) is 12.4. The molecule has 0 aliphatic carbocycles. The standard InChI is InChI=1S/C7H11F2NO2.C2H4O/c1-4-5(7(11)12-9)6(8)10(2)3;1-2-3/h4H2,1-3H3;2H,1H3. The van der Waals surface area contributed by atoms with Crippen molar-refractivity contribution in [2.24, 2.45) is 0 Å². The highest BCUT2D eigenvalue weighted by molar-refractivity contribution is 5.88. The molecule has 0 aromatic carbocycles. The summed E-state index contributed by atoms with van der Waals surface area (Å²) in [6, 6.07) is 0. The van der Waals surface area contributed by atoms with E-state index in [0.29, 0.717) is 0 Å². The van der Waals surface area contributed by atoms with E-state index < -0.39 is 11.9 Å². The first-order chi connectivity index (χ1) is 6.95. The Kier molecular flexibility index (Phi) is 9.71. The van der Waals surface area contributed by atoms with Crippen LogP contribution >= 0.6 is 0 Å². The van der Waals surface area contributed by atoms with Crippen LogP contribution in [0.4, 0.5) is 8.92 Å². The van der Waals surface area contributed by atoms with Crippen molar-refractivity contribution in [2.45, 2.75) is 20.3 Å². The molecule has 0 aromatic heterocycles. The first kappa shape index (κ1) is 16.0. The Labute approximate surface area is 87.4 Å². The lowest BCUT2D eigenvalue weighted by atomic mass is 10.2. The third kappa shape index (κ3) is 6.59. The summed E-state index contributed by atoms with van der Waals surface area (Å²) in [4.78, 5) is 23.4. The predicted octanol–water partition coefficient (Wildman–Crippen LogP) is 1.77. The number of halogens is 2. The maximum Gasteiger partial charge on any atom is 0.380 e. The highest BCUT2D eigenvalue weighted by atomic mass is 19.3. The van der Waals surface area contributed by atoms with Gasteiger partial charge in [-0.15, -0.1) is 0 Å². The van der Waals surface area contributed by atoms with Gasteiger partial charge in [0.25, 0.3) is 0 Å². The number of hydrogen-bond donors (Lipinski definition) is 0. The maximum atomic E-state index is 13.0. The molecular weight excluding hydrogens is 208 g/mol. The zero-order valence-electron chi connectivity index (χ0n) is 9.21. The van der Waals surface area contributed by atoms with Crippen LogP contribution in [-0.2, 0) is 14.5 Å². The Balaban J connectivity index is 0. The van der Waals surface area contributed by atoms with Crippen LogP contribution in [0.3, 0.4) is 0 Å². The number of carbonyl (C=O) groups is 2. The van der Waals surface area contributed by atoms with E-state index in [9.17, 15) is 13.7 Å². The quantitative estimate of drug-likeness (QED) is 0.415. The fraction of sp³-hybridized carbons (Fsp3) is 0.556. The number of hydrogen-bond acceptors (Lipinski definition) is 4. The van der Waals surface area contributed by atoms with Gasteiger partial charge in [0, 0.05) is 18.6 Å². The highest BCUT2D eigenvalue weighted by Crippen LogP contribution is 2.13. The first-order valence-corrected chi connectivity index (χ1v) is 4.24. The molecule has 0 aliphatic rings. The van der Waals surface area contributed by atoms with Crippen molar-refractivity contribution >= 4 is 12.3 Å². The van der Waals surface area contributed by atoms with Crippen LogP contribution in [0.15, 0.2) is 11.5 Å². The summed E-state index contributed by atoms with van der Waals surface area (Å²) >= 11 is 0. The summed E-state index contributed by atoms with van der Waals surface area (Å²) in [6.45, 7) is 2.98. The van der Waals surface area contributed by atoms with E-state index in [1.165, 1.54) is 27.9 Å². The third-order valence-electron chi connectivity index (χ3n) is 1.31. The summed E-state index contributed by atoms with van der Waals surface area (Å²) in [5.41, 5.74) is -0.303. The molecule has 0 radical (unpaired) electrons. The van der Waals surface area contributed by atoms with Gasteiger partial charge in [-0.2, -0.15) is 4.39 Å². The van der Waals surface area contributed by atoms with Crippen molar-refractivity contribution in [3.63, 3.8) is 0 Å². The lowest BCUT2D eigenvalue weighted by Crippen LogP contribution is -2.14. The smallest absolute Gasteiger partial charge is 0.354 e. The van der Waals surface area contributed by atoms with Crippen LogP contribution in [-0.4, -0.2) is 31.3 Å². The van der Waals surface area contributed by atoms with Crippen molar-refractivity contribution in [1.29, 1.82) is 0 Å². The second-order valence-electron chi connectivity index (χ2n) is 2.62. The molecule has 0 aromatic rings. The summed E-state index contributed by atoms with van der Waals surface area (Å²) in [6.07, 6.45) is 0.840. The molecule has 0 N–H and O–H groups in total. The molecule has 0 bridgehead atoms. The van der Waals surface area contributed by atoms with E-state index in [1.807, 2.05) is 0 Å². The Morgan fingerprint density at radius 2 is 1.87 bits per heavy atom. The van der Waals surface area contributed by atoms with Gasteiger partial charge in [-0.05, 0) is 13.3 Å². The van der Waals surface area contributed by atoms with E-state index >= 15 is 0 Å². The van der Waals surface area contributed by atoms with Gasteiger partial charge in [-0.25, -0.2) is 9.74 Å². The first-order valence-electron chi connectivity index (χ1n) is 4.24. The van der Waals surface area contributed by atoms with Crippen LogP contribution in [0.1, 0.15) is 20.3 Å². The lowest BCUT2D eigenvalue weighted by molar-refractivity contribution is -0.178. The zero-order valence-corrected chi connectivity index (χ0v) is 9.21. The van der Waals surface area contributed by atoms with E-state index in [2.05, 4.69) is 4.94 Å². The molecule has 88 valence electrons. The summed E-state index contributed by atoms with van der Waals surface area (Å²) in [5, 5.41) is 0. The molecule has 0 spiro atoms. The minimum atomic E-state index is -1.27. The van der Waals surface area contributed by atoms with Crippen LogP contribution in [0.2, 0.25) is 0 Å². The monoisotopic (exact) mass is 223 g/mol. The predicted molar refractivity (Wildman–Crippen MR) is 51.1 cm³/mol. The summed E-state index contributed by atoms with van der Waals surface area (Å²) in [5.74, 6) is -2.05. The number of carbonyl (C=O) groups excluding carboxylic acids is 2. The minimum absolute atomic E-state index is 0.0900. The molecule has 0 atom stereocenters. The molecule has 0 amide bonds. The molecule has 0 fully saturated rings. The van der Waals surface area contributed by atoms with Crippen molar-refractivity contribution in [1.82, 2.24) is 4.90 Å².